The first-order chi connectivity index (χ1) is 9.71. The van der Waals surface area contributed by atoms with Crippen molar-refractivity contribution in [3.8, 4) is 5.75 Å². The SMILES string of the molecule is O=[N+]([O-])c1cc(NCC(O)CCl)cc(OCC(F)(F)F)c1. The molecule has 0 saturated carbocycles. The standard InChI is InChI=1S/C11H12ClF3N2O4/c12-4-9(18)5-16-7-1-8(17(19)20)3-10(2-7)21-6-11(13,14)15/h1-3,9,16,18H,4-6H2. The lowest BCUT2D eigenvalue weighted by atomic mass is 10.2. The largest absolute Gasteiger partial charge is 0.484 e. The van der Waals surface area contributed by atoms with Crippen LogP contribution in [-0.2, 0) is 0 Å². The van der Waals surface area contributed by atoms with Crippen LogP contribution in [0.1, 0.15) is 0 Å². The molecule has 1 aromatic carbocycles. The third kappa shape index (κ3) is 6.50. The molecule has 0 aliphatic carbocycles. The fraction of sp³-hybridized carbons (Fsp3) is 0.455. The van der Waals surface area contributed by atoms with Crippen molar-refractivity contribution >= 4 is 23.0 Å². The van der Waals surface area contributed by atoms with Crippen LogP contribution in [-0.4, -0.2) is 41.3 Å². The first-order valence-corrected chi connectivity index (χ1v) is 6.21. The van der Waals surface area contributed by atoms with Gasteiger partial charge in [-0.05, 0) is 0 Å². The van der Waals surface area contributed by atoms with Gasteiger partial charge in [0, 0.05) is 24.4 Å². The quantitative estimate of drug-likeness (QED) is 0.456. The van der Waals surface area contributed by atoms with Crippen molar-refractivity contribution in [1.82, 2.24) is 0 Å². The number of hydrogen-bond acceptors (Lipinski definition) is 5. The van der Waals surface area contributed by atoms with E-state index in [-0.39, 0.29) is 23.9 Å². The zero-order chi connectivity index (χ0) is 16.0. The average Bonchev–Trinajstić information content (AvgIpc) is 2.41. The van der Waals surface area contributed by atoms with Gasteiger partial charge in [-0.3, -0.25) is 10.1 Å². The second kappa shape index (κ2) is 7.32. The van der Waals surface area contributed by atoms with Crippen molar-refractivity contribution in [2.45, 2.75) is 12.3 Å². The van der Waals surface area contributed by atoms with Gasteiger partial charge in [-0.15, -0.1) is 11.6 Å². The highest BCUT2D eigenvalue weighted by Crippen LogP contribution is 2.27. The first kappa shape index (κ1) is 17.3. The van der Waals surface area contributed by atoms with E-state index in [1.54, 1.807) is 0 Å². The Morgan fingerprint density at radius 2 is 2.10 bits per heavy atom. The monoisotopic (exact) mass is 328 g/mol. The summed E-state index contributed by atoms with van der Waals surface area (Å²) in [4.78, 5) is 9.97. The molecular formula is C11H12ClF3N2O4. The fourth-order valence-electron chi connectivity index (χ4n) is 1.33. The molecule has 0 radical (unpaired) electrons. The van der Waals surface area contributed by atoms with Crippen molar-refractivity contribution in [3.63, 3.8) is 0 Å². The molecule has 0 aromatic heterocycles. The van der Waals surface area contributed by atoms with Crippen molar-refractivity contribution in [3.05, 3.63) is 28.3 Å². The summed E-state index contributed by atoms with van der Waals surface area (Å²) in [6.07, 6.45) is -5.45. The molecule has 10 heteroatoms. The van der Waals surface area contributed by atoms with Gasteiger partial charge in [-0.1, -0.05) is 0 Å². The molecule has 118 valence electrons. The zero-order valence-corrected chi connectivity index (χ0v) is 11.3. The minimum atomic E-state index is -4.55. The smallest absolute Gasteiger partial charge is 0.422 e. The number of non-ortho nitro benzene ring substituents is 1. The number of alkyl halides is 4. The minimum absolute atomic E-state index is 0.0105. The molecule has 0 saturated heterocycles. The van der Waals surface area contributed by atoms with Crippen LogP contribution in [0.4, 0.5) is 24.5 Å². The Hall–Kier alpha value is -1.74. The van der Waals surface area contributed by atoms with E-state index in [2.05, 4.69) is 10.1 Å². The predicted molar refractivity (Wildman–Crippen MR) is 69.9 cm³/mol. The number of halogens is 4. The molecule has 0 aliphatic heterocycles. The Kier molecular flexibility index (Phi) is 6.03. The first-order valence-electron chi connectivity index (χ1n) is 5.68. The van der Waals surface area contributed by atoms with E-state index in [4.69, 9.17) is 11.6 Å². The van der Waals surface area contributed by atoms with Crippen LogP contribution < -0.4 is 10.1 Å². The van der Waals surface area contributed by atoms with E-state index in [9.17, 15) is 28.4 Å². The number of hydrogen-bond donors (Lipinski definition) is 2. The Balaban J connectivity index is 2.87. The molecule has 2 N–H and O–H groups in total. The van der Waals surface area contributed by atoms with E-state index < -0.39 is 29.5 Å². The van der Waals surface area contributed by atoms with E-state index in [0.717, 1.165) is 12.1 Å². The second-order valence-corrected chi connectivity index (χ2v) is 4.37. The van der Waals surface area contributed by atoms with E-state index >= 15 is 0 Å². The summed E-state index contributed by atoms with van der Waals surface area (Å²) in [5.41, 5.74) is -0.289. The van der Waals surface area contributed by atoms with Crippen LogP contribution in [0.3, 0.4) is 0 Å². The van der Waals surface area contributed by atoms with Gasteiger partial charge in [0.15, 0.2) is 6.61 Å². The Morgan fingerprint density at radius 1 is 1.43 bits per heavy atom. The van der Waals surface area contributed by atoms with E-state index in [1.807, 2.05) is 0 Å². The summed E-state index contributed by atoms with van der Waals surface area (Å²) in [7, 11) is 0. The second-order valence-electron chi connectivity index (χ2n) is 4.07. The molecule has 0 amide bonds. The highest BCUT2D eigenvalue weighted by atomic mass is 35.5. The number of benzene rings is 1. The molecule has 1 atom stereocenters. The summed E-state index contributed by atoms with van der Waals surface area (Å²) in [6.45, 7) is -1.57. The third-order valence-corrected chi connectivity index (χ3v) is 2.58. The number of nitrogens with zero attached hydrogens (tertiary/aromatic N) is 1. The number of aliphatic hydroxyl groups excluding tert-OH is 1. The Labute approximate surface area is 122 Å². The summed E-state index contributed by atoms with van der Waals surface area (Å²) in [6, 6.07) is 3.16. The summed E-state index contributed by atoms with van der Waals surface area (Å²) >= 11 is 5.38. The molecule has 0 fully saturated rings. The number of aliphatic hydroxyl groups is 1. The summed E-state index contributed by atoms with van der Waals surface area (Å²) in [5.74, 6) is -0.358. The highest BCUT2D eigenvalue weighted by Gasteiger charge is 2.28. The van der Waals surface area contributed by atoms with Gasteiger partial charge < -0.3 is 15.2 Å². The van der Waals surface area contributed by atoms with Gasteiger partial charge >= 0.3 is 6.18 Å². The topological polar surface area (TPSA) is 84.6 Å². The Morgan fingerprint density at radius 3 is 2.62 bits per heavy atom. The lowest BCUT2D eigenvalue weighted by molar-refractivity contribution is -0.384. The maximum atomic E-state index is 12.1. The molecule has 0 bridgehead atoms. The molecule has 0 aliphatic rings. The molecule has 1 aromatic rings. The molecule has 21 heavy (non-hydrogen) atoms. The lowest BCUT2D eigenvalue weighted by Gasteiger charge is -2.13. The van der Waals surface area contributed by atoms with Crippen LogP contribution in [0.25, 0.3) is 0 Å². The normalized spacial score (nSPS) is 12.8. The van der Waals surface area contributed by atoms with Crippen molar-refractivity contribution in [2.24, 2.45) is 0 Å². The molecule has 1 unspecified atom stereocenters. The van der Waals surface area contributed by atoms with Crippen LogP contribution in [0.5, 0.6) is 5.75 Å². The molecule has 6 nitrogen and oxygen atoms in total. The predicted octanol–water partition coefficient (Wildman–Crippen LogP) is 2.55. The van der Waals surface area contributed by atoms with Crippen LogP contribution >= 0.6 is 11.6 Å². The number of nitrogens with one attached hydrogen (secondary N) is 1. The number of rotatable bonds is 7. The average molecular weight is 329 g/mol. The minimum Gasteiger partial charge on any atom is -0.484 e. The summed E-state index contributed by atoms with van der Waals surface area (Å²) in [5, 5.41) is 22.6. The van der Waals surface area contributed by atoms with Crippen LogP contribution in [0, 0.1) is 10.1 Å². The molecular weight excluding hydrogens is 317 g/mol. The molecule has 0 spiro atoms. The van der Waals surface area contributed by atoms with Crippen molar-refractivity contribution < 1.29 is 27.9 Å². The van der Waals surface area contributed by atoms with E-state index in [0.29, 0.717) is 0 Å². The van der Waals surface area contributed by atoms with Gasteiger partial charge in [0.2, 0.25) is 0 Å². The van der Waals surface area contributed by atoms with Gasteiger partial charge in [0.25, 0.3) is 5.69 Å². The van der Waals surface area contributed by atoms with Crippen LogP contribution in [0.15, 0.2) is 18.2 Å². The third-order valence-electron chi connectivity index (χ3n) is 2.22. The van der Waals surface area contributed by atoms with Gasteiger partial charge in [0.1, 0.15) is 5.75 Å². The van der Waals surface area contributed by atoms with Crippen molar-refractivity contribution in [2.75, 3.05) is 24.3 Å². The lowest BCUT2D eigenvalue weighted by Crippen LogP contribution is -2.21. The van der Waals surface area contributed by atoms with Gasteiger partial charge in [-0.2, -0.15) is 13.2 Å². The zero-order valence-electron chi connectivity index (χ0n) is 10.6. The highest BCUT2D eigenvalue weighted by molar-refractivity contribution is 6.18. The van der Waals surface area contributed by atoms with Crippen molar-refractivity contribution in [1.29, 1.82) is 0 Å². The number of anilines is 1. The number of ether oxygens (including phenoxy) is 1. The maximum absolute atomic E-state index is 12.1. The Bertz CT molecular complexity index is 499. The van der Waals surface area contributed by atoms with Gasteiger partial charge in [-0.25, -0.2) is 0 Å². The number of nitro groups is 1. The molecule has 1 rings (SSSR count). The van der Waals surface area contributed by atoms with Gasteiger partial charge in [0.05, 0.1) is 23.0 Å². The van der Waals surface area contributed by atoms with E-state index in [1.165, 1.54) is 6.07 Å². The number of nitro benzene ring substituents is 1. The fourth-order valence-corrected chi connectivity index (χ4v) is 1.44. The summed E-state index contributed by atoms with van der Waals surface area (Å²) < 4.78 is 40.7. The van der Waals surface area contributed by atoms with Crippen LogP contribution in [0.2, 0.25) is 0 Å². The maximum Gasteiger partial charge on any atom is 0.422 e. The molecule has 0 heterocycles.